The molecule has 3 aromatic rings. The molecule has 0 unspecified atom stereocenters. The molecule has 0 fully saturated rings. The van der Waals surface area contributed by atoms with Crippen LogP contribution in [0.5, 0.6) is 17.2 Å². The number of hydrogen-bond donors (Lipinski definition) is 2. The summed E-state index contributed by atoms with van der Waals surface area (Å²) in [5, 5.41) is 2.67. The molecule has 2 aromatic carbocycles. The Hall–Kier alpha value is -4.12. The number of nitrogens with one attached hydrogen (secondary N) is 2. The Bertz CT molecular complexity index is 1310. The Morgan fingerprint density at radius 3 is 2.26 bits per heavy atom. The summed E-state index contributed by atoms with van der Waals surface area (Å²) in [7, 11) is 0.622. The van der Waals surface area contributed by atoms with Crippen molar-refractivity contribution in [1.82, 2.24) is 9.97 Å². The van der Waals surface area contributed by atoms with Crippen LogP contribution in [0.2, 0.25) is 0 Å². The van der Waals surface area contributed by atoms with Crippen molar-refractivity contribution < 1.29 is 27.4 Å². The van der Waals surface area contributed by atoms with Gasteiger partial charge in [-0.3, -0.25) is 4.79 Å². The fourth-order valence-corrected chi connectivity index (χ4v) is 3.95. The van der Waals surface area contributed by atoms with Gasteiger partial charge in [0.15, 0.2) is 11.5 Å². The summed E-state index contributed by atoms with van der Waals surface area (Å²) in [6.45, 7) is 1.73. The minimum absolute atomic E-state index is 0.00112. The van der Waals surface area contributed by atoms with E-state index in [1.54, 1.807) is 31.2 Å². The van der Waals surface area contributed by atoms with Gasteiger partial charge in [0.25, 0.3) is 10.0 Å². The lowest BCUT2D eigenvalue weighted by Gasteiger charge is -2.14. The van der Waals surface area contributed by atoms with Gasteiger partial charge >= 0.3 is 0 Å². The number of rotatable bonds is 9. The average Bonchev–Trinajstić information content (AvgIpc) is 2.82. The zero-order chi connectivity index (χ0) is 24.7. The molecule has 0 saturated heterocycles. The van der Waals surface area contributed by atoms with E-state index in [9.17, 15) is 13.2 Å². The highest BCUT2D eigenvalue weighted by molar-refractivity contribution is 7.92. The van der Waals surface area contributed by atoms with E-state index in [1.807, 2.05) is 0 Å². The maximum atomic E-state index is 12.5. The molecular formula is C23H24N4O6S. The molecule has 0 atom stereocenters. The highest BCUT2D eigenvalue weighted by Gasteiger charge is 2.16. The Kier molecular flexibility index (Phi) is 7.69. The molecule has 0 aliphatic heterocycles. The van der Waals surface area contributed by atoms with Gasteiger partial charge in [0.2, 0.25) is 17.6 Å². The Morgan fingerprint density at radius 2 is 1.65 bits per heavy atom. The number of sulfonamides is 1. The van der Waals surface area contributed by atoms with Crippen molar-refractivity contribution in [2.45, 2.75) is 11.8 Å². The minimum atomic E-state index is -3.88. The molecule has 178 valence electrons. The summed E-state index contributed by atoms with van der Waals surface area (Å²) >= 11 is 0. The van der Waals surface area contributed by atoms with Crippen molar-refractivity contribution in [1.29, 1.82) is 0 Å². The lowest BCUT2D eigenvalue weighted by atomic mass is 10.1. The fraction of sp³-hybridized carbons (Fsp3) is 0.174. The molecule has 10 nitrogen and oxygen atoms in total. The number of benzene rings is 2. The third kappa shape index (κ3) is 5.81. The maximum absolute atomic E-state index is 12.5. The van der Waals surface area contributed by atoms with Gasteiger partial charge in [0.1, 0.15) is 0 Å². The predicted octanol–water partition coefficient (Wildman–Crippen LogP) is 3.26. The normalized spacial score (nSPS) is 11.2. The average molecular weight is 485 g/mol. The molecule has 34 heavy (non-hydrogen) atoms. The van der Waals surface area contributed by atoms with E-state index in [0.29, 0.717) is 34.2 Å². The second kappa shape index (κ2) is 10.7. The first-order valence-corrected chi connectivity index (χ1v) is 11.5. The summed E-state index contributed by atoms with van der Waals surface area (Å²) in [6.07, 6.45) is 4.36. The number of aryl methyl sites for hydroxylation is 1. The summed E-state index contributed by atoms with van der Waals surface area (Å²) in [4.78, 5) is 20.3. The molecular weight excluding hydrogens is 460 g/mol. The molecule has 1 heterocycles. The van der Waals surface area contributed by atoms with E-state index in [2.05, 4.69) is 20.0 Å². The lowest BCUT2D eigenvalue weighted by Crippen LogP contribution is -2.15. The molecule has 0 radical (unpaired) electrons. The van der Waals surface area contributed by atoms with Crippen molar-refractivity contribution >= 4 is 33.6 Å². The van der Waals surface area contributed by atoms with Crippen LogP contribution in [0.3, 0.4) is 0 Å². The standard InChI is InChI=1S/C23H24N4O6S/c1-15-13-14-24-23(25-15)27-34(29,30)18-9-7-17(8-10-18)26-20(28)12-6-16-5-11-19(31-2)22(33-4)21(16)32-3/h5-14H,1-4H3,(H,26,28)(H,24,25,27)/b12-6+. The van der Waals surface area contributed by atoms with Gasteiger partial charge < -0.3 is 19.5 Å². The maximum Gasteiger partial charge on any atom is 0.264 e. The Morgan fingerprint density at radius 1 is 0.941 bits per heavy atom. The van der Waals surface area contributed by atoms with Gasteiger partial charge in [0.05, 0.1) is 26.2 Å². The van der Waals surface area contributed by atoms with Crippen LogP contribution in [-0.2, 0) is 14.8 Å². The number of ether oxygens (including phenoxy) is 3. The van der Waals surface area contributed by atoms with Crippen LogP contribution in [0.4, 0.5) is 11.6 Å². The van der Waals surface area contributed by atoms with E-state index in [4.69, 9.17) is 14.2 Å². The van der Waals surface area contributed by atoms with Crippen molar-refractivity contribution in [3.8, 4) is 17.2 Å². The number of nitrogens with zero attached hydrogens (tertiary/aromatic N) is 2. The van der Waals surface area contributed by atoms with Crippen molar-refractivity contribution in [3.05, 3.63) is 66.0 Å². The van der Waals surface area contributed by atoms with Crippen LogP contribution in [0.25, 0.3) is 6.08 Å². The monoisotopic (exact) mass is 484 g/mol. The largest absolute Gasteiger partial charge is 0.493 e. The van der Waals surface area contributed by atoms with Crippen LogP contribution in [-0.4, -0.2) is 45.6 Å². The first-order chi connectivity index (χ1) is 16.3. The third-order valence-corrected chi connectivity index (χ3v) is 5.95. The number of aromatic nitrogens is 2. The summed E-state index contributed by atoms with van der Waals surface area (Å²) in [6, 6.07) is 10.8. The van der Waals surface area contributed by atoms with E-state index in [-0.39, 0.29) is 10.8 Å². The van der Waals surface area contributed by atoms with Crippen LogP contribution in [0.15, 0.2) is 59.6 Å². The SMILES string of the molecule is COc1ccc(/C=C/C(=O)Nc2ccc(S(=O)(=O)Nc3nccc(C)n3)cc2)c(OC)c1OC. The van der Waals surface area contributed by atoms with Gasteiger partial charge in [-0.15, -0.1) is 0 Å². The zero-order valence-electron chi connectivity index (χ0n) is 19.0. The molecule has 0 saturated carbocycles. The number of methoxy groups -OCH3 is 3. The van der Waals surface area contributed by atoms with E-state index < -0.39 is 15.9 Å². The molecule has 0 spiro atoms. The highest BCUT2D eigenvalue weighted by Crippen LogP contribution is 2.40. The van der Waals surface area contributed by atoms with Gasteiger partial charge in [-0.1, -0.05) is 0 Å². The second-order valence-corrected chi connectivity index (χ2v) is 8.58. The smallest absolute Gasteiger partial charge is 0.264 e. The Labute approximate surface area is 197 Å². The Balaban J connectivity index is 1.70. The fourth-order valence-electron chi connectivity index (χ4n) is 3.00. The van der Waals surface area contributed by atoms with Crippen molar-refractivity contribution in [2.75, 3.05) is 31.4 Å². The van der Waals surface area contributed by atoms with Crippen LogP contribution in [0.1, 0.15) is 11.3 Å². The van der Waals surface area contributed by atoms with E-state index >= 15 is 0 Å². The number of carbonyl (C=O) groups is 1. The van der Waals surface area contributed by atoms with Gasteiger partial charge in [-0.2, -0.15) is 0 Å². The van der Waals surface area contributed by atoms with E-state index in [1.165, 1.54) is 57.9 Å². The van der Waals surface area contributed by atoms with Crippen LogP contribution < -0.4 is 24.2 Å². The van der Waals surface area contributed by atoms with Gasteiger partial charge in [0, 0.05) is 29.2 Å². The van der Waals surface area contributed by atoms with Gasteiger partial charge in [-0.05, 0) is 55.5 Å². The molecule has 1 amide bonds. The van der Waals surface area contributed by atoms with Gasteiger partial charge in [-0.25, -0.2) is 23.1 Å². The summed E-state index contributed by atoms with van der Waals surface area (Å²) in [5.41, 5.74) is 1.66. The zero-order valence-corrected chi connectivity index (χ0v) is 19.8. The molecule has 3 rings (SSSR count). The molecule has 0 aliphatic carbocycles. The molecule has 11 heteroatoms. The summed E-state index contributed by atoms with van der Waals surface area (Å²) < 4.78 is 43.4. The summed E-state index contributed by atoms with van der Waals surface area (Å²) in [5.74, 6) is 0.894. The van der Waals surface area contributed by atoms with Crippen molar-refractivity contribution in [3.63, 3.8) is 0 Å². The molecule has 1 aromatic heterocycles. The topological polar surface area (TPSA) is 129 Å². The quantitative estimate of drug-likeness (QED) is 0.443. The van der Waals surface area contributed by atoms with E-state index in [0.717, 1.165) is 0 Å². The number of carbonyl (C=O) groups excluding carboxylic acids is 1. The highest BCUT2D eigenvalue weighted by atomic mass is 32.2. The van der Waals surface area contributed by atoms with Crippen molar-refractivity contribution in [2.24, 2.45) is 0 Å². The lowest BCUT2D eigenvalue weighted by molar-refractivity contribution is -0.111. The minimum Gasteiger partial charge on any atom is -0.493 e. The molecule has 0 bridgehead atoms. The first-order valence-electron chi connectivity index (χ1n) is 9.98. The van der Waals surface area contributed by atoms with Crippen LogP contribution in [0, 0.1) is 6.92 Å². The molecule has 2 N–H and O–H groups in total. The number of anilines is 2. The second-order valence-electron chi connectivity index (χ2n) is 6.90. The molecule has 0 aliphatic rings. The number of amides is 1. The predicted molar refractivity (Wildman–Crippen MR) is 128 cm³/mol. The third-order valence-electron chi connectivity index (χ3n) is 4.60. The number of hydrogen-bond acceptors (Lipinski definition) is 8. The first kappa shape index (κ1) is 24.5. The van der Waals surface area contributed by atoms with Crippen LogP contribution >= 0.6 is 0 Å².